The van der Waals surface area contributed by atoms with Gasteiger partial charge in [0, 0.05) is 12.6 Å². The maximum absolute atomic E-state index is 12.2. The van der Waals surface area contributed by atoms with Crippen LogP contribution in [0.15, 0.2) is 35.1 Å². The van der Waals surface area contributed by atoms with Crippen LogP contribution in [0.5, 0.6) is 0 Å². The molecule has 1 heterocycles. The van der Waals surface area contributed by atoms with Crippen molar-refractivity contribution in [3.05, 3.63) is 52.9 Å². The molecule has 0 saturated carbocycles. The molecule has 0 saturated heterocycles. The Morgan fingerprint density at radius 3 is 2.55 bits per heavy atom. The molecular formula is C16H18N2O4. The Hall–Kier alpha value is -2.63. The second-order valence-electron chi connectivity index (χ2n) is 5.07. The fourth-order valence-corrected chi connectivity index (χ4v) is 2.12. The maximum atomic E-state index is 12.2. The zero-order valence-corrected chi connectivity index (χ0v) is 12.6. The summed E-state index contributed by atoms with van der Waals surface area (Å²) in [5.74, 6) is -1.03. The summed E-state index contributed by atoms with van der Waals surface area (Å²) in [4.78, 5) is 24.6. The van der Waals surface area contributed by atoms with E-state index in [-0.39, 0.29) is 17.9 Å². The number of nitrogens with zero attached hydrogens (tertiary/aromatic N) is 2. The molecule has 0 spiro atoms. The van der Waals surface area contributed by atoms with Crippen LogP contribution in [0, 0.1) is 0 Å². The van der Waals surface area contributed by atoms with Crippen molar-refractivity contribution >= 4 is 11.9 Å². The highest BCUT2D eigenvalue weighted by molar-refractivity contribution is 5.87. The lowest BCUT2D eigenvalue weighted by Gasteiger charge is -2.16. The van der Waals surface area contributed by atoms with Gasteiger partial charge in [0.25, 0.3) is 0 Å². The Morgan fingerprint density at radius 1 is 1.27 bits per heavy atom. The molecule has 0 radical (unpaired) electrons. The van der Waals surface area contributed by atoms with Crippen molar-refractivity contribution in [1.82, 2.24) is 10.1 Å². The third kappa shape index (κ3) is 3.72. The maximum Gasteiger partial charge on any atom is 0.335 e. The van der Waals surface area contributed by atoms with Crippen LogP contribution in [0.25, 0.3) is 0 Å². The molecule has 0 fully saturated rings. The zero-order chi connectivity index (χ0) is 16.1. The number of aryl methyl sites for hydroxylation is 1. The molecule has 0 unspecified atom stereocenters. The summed E-state index contributed by atoms with van der Waals surface area (Å²) in [6.45, 7) is 2.42. The number of carbonyl (C=O) groups is 2. The number of rotatable bonds is 6. The van der Waals surface area contributed by atoms with Crippen molar-refractivity contribution in [2.45, 2.75) is 26.3 Å². The van der Waals surface area contributed by atoms with Gasteiger partial charge >= 0.3 is 5.97 Å². The highest BCUT2D eigenvalue weighted by Gasteiger charge is 2.14. The van der Waals surface area contributed by atoms with E-state index in [1.165, 1.54) is 12.1 Å². The highest BCUT2D eigenvalue weighted by Crippen LogP contribution is 2.12. The molecule has 6 nitrogen and oxygen atoms in total. The first-order chi connectivity index (χ1) is 10.5. The number of aromatic carboxylic acids is 1. The fraction of sp³-hybridized carbons (Fsp3) is 0.312. The average molecular weight is 302 g/mol. The molecule has 0 aliphatic rings. The lowest BCUT2D eigenvalue weighted by atomic mass is 10.1. The van der Waals surface area contributed by atoms with Gasteiger partial charge in [-0.25, -0.2) is 4.79 Å². The van der Waals surface area contributed by atoms with Crippen LogP contribution >= 0.6 is 0 Å². The van der Waals surface area contributed by atoms with Crippen LogP contribution in [0.2, 0.25) is 0 Å². The molecule has 2 rings (SSSR count). The predicted molar refractivity (Wildman–Crippen MR) is 79.5 cm³/mol. The minimum absolute atomic E-state index is 0.0497. The van der Waals surface area contributed by atoms with Gasteiger partial charge in [-0.2, -0.15) is 0 Å². The summed E-state index contributed by atoms with van der Waals surface area (Å²) < 4.78 is 4.93. The summed E-state index contributed by atoms with van der Waals surface area (Å²) in [5, 5.41) is 12.7. The molecule has 1 N–H and O–H groups in total. The Labute approximate surface area is 128 Å². The van der Waals surface area contributed by atoms with Gasteiger partial charge in [0.15, 0.2) is 0 Å². The van der Waals surface area contributed by atoms with E-state index in [4.69, 9.17) is 9.63 Å². The van der Waals surface area contributed by atoms with Crippen molar-refractivity contribution in [1.29, 1.82) is 0 Å². The standard InChI is InChI=1S/C16H18N2O4/c1-3-14-13(10-22-17-14)9-18(2)15(19)8-11-4-6-12(7-5-11)16(20)21/h4-7,10H,3,8-9H2,1-2H3,(H,20,21). The molecule has 1 amide bonds. The third-order valence-electron chi connectivity index (χ3n) is 3.45. The second-order valence-corrected chi connectivity index (χ2v) is 5.07. The number of amides is 1. The number of carboxylic acid groups (broad SMARTS) is 1. The Morgan fingerprint density at radius 2 is 1.95 bits per heavy atom. The first-order valence-corrected chi connectivity index (χ1v) is 6.99. The van der Waals surface area contributed by atoms with Gasteiger partial charge in [-0.15, -0.1) is 0 Å². The summed E-state index contributed by atoms with van der Waals surface area (Å²) in [6, 6.07) is 6.32. The van der Waals surface area contributed by atoms with E-state index in [2.05, 4.69) is 5.16 Å². The van der Waals surface area contributed by atoms with Gasteiger partial charge in [-0.3, -0.25) is 4.79 Å². The largest absolute Gasteiger partial charge is 0.478 e. The number of hydrogen-bond acceptors (Lipinski definition) is 4. The topological polar surface area (TPSA) is 83.6 Å². The van der Waals surface area contributed by atoms with Crippen molar-refractivity contribution in [2.24, 2.45) is 0 Å². The lowest BCUT2D eigenvalue weighted by Crippen LogP contribution is -2.28. The average Bonchev–Trinajstić information content (AvgIpc) is 2.94. The van der Waals surface area contributed by atoms with Gasteiger partial charge in [0.2, 0.25) is 5.91 Å². The Balaban J connectivity index is 1.97. The molecular weight excluding hydrogens is 284 g/mol. The van der Waals surface area contributed by atoms with Gasteiger partial charge < -0.3 is 14.5 Å². The minimum Gasteiger partial charge on any atom is -0.478 e. The molecule has 0 aliphatic carbocycles. The Kier molecular flexibility index (Phi) is 4.93. The molecule has 6 heteroatoms. The molecule has 116 valence electrons. The number of aromatic nitrogens is 1. The second kappa shape index (κ2) is 6.89. The molecule has 1 aromatic heterocycles. The highest BCUT2D eigenvalue weighted by atomic mass is 16.5. The summed E-state index contributed by atoms with van der Waals surface area (Å²) in [5.41, 5.74) is 2.74. The summed E-state index contributed by atoms with van der Waals surface area (Å²) in [7, 11) is 1.72. The van der Waals surface area contributed by atoms with E-state index in [1.54, 1.807) is 30.3 Å². The predicted octanol–water partition coefficient (Wildman–Crippen LogP) is 2.14. The van der Waals surface area contributed by atoms with E-state index in [1.807, 2.05) is 6.92 Å². The minimum atomic E-state index is -0.977. The summed E-state index contributed by atoms with van der Waals surface area (Å²) >= 11 is 0. The zero-order valence-electron chi connectivity index (χ0n) is 12.6. The van der Waals surface area contributed by atoms with Crippen molar-refractivity contribution < 1.29 is 19.2 Å². The van der Waals surface area contributed by atoms with E-state index in [0.29, 0.717) is 6.54 Å². The summed E-state index contributed by atoms with van der Waals surface area (Å²) in [6.07, 6.45) is 2.54. The van der Waals surface area contributed by atoms with Crippen LogP contribution in [0.1, 0.15) is 34.1 Å². The van der Waals surface area contributed by atoms with Gasteiger partial charge in [-0.05, 0) is 24.1 Å². The van der Waals surface area contributed by atoms with Gasteiger partial charge in [-0.1, -0.05) is 24.2 Å². The van der Waals surface area contributed by atoms with Gasteiger partial charge in [0.1, 0.15) is 6.26 Å². The monoisotopic (exact) mass is 302 g/mol. The van der Waals surface area contributed by atoms with Crippen LogP contribution in [0.4, 0.5) is 0 Å². The van der Waals surface area contributed by atoms with Crippen LogP contribution < -0.4 is 0 Å². The van der Waals surface area contributed by atoms with E-state index in [9.17, 15) is 9.59 Å². The SMILES string of the molecule is CCc1nocc1CN(C)C(=O)Cc1ccc(C(=O)O)cc1. The van der Waals surface area contributed by atoms with Crippen molar-refractivity contribution in [2.75, 3.05) is 7.05 Å². The quantitative estimate of drug-likeness (QED) is 0.883. The molecule has 1 aromatic carbocycles. The Bertz CT molecular complexity index is 661. The number of carbonyl (C=O) groups excluding carboxylic acids is 1. The van der Waals surface area contributed by atoms with E-state index in [0.717, 1.165) is 23.2 Å². The van der Waals surface area contributed by atoms with E-state index < -0.39 is 5.97 Å². The number of likely N-dealkylation sites (N-methyl/N-ethyl adjacent to an activating group) is 1. The van der Waals surface area contributed by atoms with Gasteiger partial charge in [0.05, 0.1) is 24.2 Å². The van der Waals surface area contributed by atoms with Crippen molar-refractivity contribution in [3.63, 3.8) is 0 Å². The molecule has 0 aliphatic heterocycles. The van der Waals surface area contributed by atoms with E-state index >= 15 is 0 Å². The third-order valence-corrected chi connectivity index (χ3v) is 3.45. The normalized spacial score (nSPS) is 10.5. The number of benzene rings is 1. The van der Waals surface area contributed by atoms with Crippen LogP contribution in [-0.2, 0) is 24.2 Å². The first-order valence-electron chi connectivity index (χ1n) is 6.99. The first kappa shape index (κ1) is 15.8. The number of hydrogen-bond donors (Lipinski definition) is 1. The molecule has 22 heavy (non-hydrogen) atoms. The fourth-order valence-electron chi connectivity index (χ4n) is 2.12. The smallest absolute Gasteiger partial charge is 0.335 e. The van der Waals surface area contributed by atoms with Crippen LogP contribution in [-0.4, -0.2) is 34.1 Å². The number of carboxylic acids is 1. The molecule has 0 atom stereocenters. The molecule has 2 aromatic rings. The lowest BCUT2D eigenvalue weighted by molar-refractivity contribution is -0.129. The molecule has 0 bridgehead atoms. The van der Waals surface area contributed by atoms with Crippen LogP contribution in [0.3, 0.4) is 0 Å². The van der Waals surface area contributed by atoms with Crippen molar-refractivity contribution in [3.8, 4) is 0 Å².